The van der Waals surface area contributed by atoms with Gasteiger partial charge in [-0.05, 0) is 60.0 Å². The van der Waals surface area contributed by atoms with Crippen LogP contribution in [0, 0.1) is 13.8 Å². The van der Waals surface area contributed by atoms with Gasteiger partial charge >= 0.3 is 0 Å². The SMILES string of the molecule is Cc1cc(C(C)CN)ccc1-c1c(O)cc(C)c2[nH]c(=O)c3cscc3c12.Cl. The molecule has 2 aromatic heterocycles. The molecule has 0 fully saturated rings. The Hall–Kier alpha value is -2.34. The largest absolute Gasteiger partial charge is 0.507 e. The highest BCUT2D eigenvalue weighted by Crippen LogP contribution is 2.42. The van der Waals surface area contributed by atoms with Gasteiger partial charge in [0.05, 0.1) is 10.9 Å². The van der Waals surface area contributed by atoms with Crippen molar-refractivity contribution in [3.05, 3.63) is 62.1 Å². The van der Waals surface area contributed by atoms with Gasteiger partial charge in [-0.3, -0.25) is 4.79 Å². The molecule has 28 heavy (non-hydrogen) atoms. The van der Waals surface area contributed by atoms with E-state index in [9.17, 15) is 9.90 Å². The van der Waals surface area contributed by atoms with Crippen molar-refractivity contribution in [2.75, 3.05) is 6.54 Å². The van der Waals surface area contributed by atoms with Crippen molar-refractivity contribution in [3.63, 3.8) is 0 Å². The second-order valence-electron chi connectivity index (χ2n) is 7.20. The molecular weight excluding hydrogens is 392 g/mol. The van der Waals surface area contributed by atoms with Crippen LogP contribution in [0.15, 0.2) is 39.8 Å². The summed E-state index contributed by atoms with van der Waals surface area (Å²) in [6, 6.07) is 7.97. The van der Waals surface area contributed by atoms with Crippen molar-refractivity contribution in [2.24, 2.45) is 5.73 Å². The van der Waals surface area contributed by atoms with E-state index in [-0.39, 0.29) is 29.6 Å². The van der Waals surface area contributed by atoms with Crippen molar-refractivity contribution in [2.45, 2.75) is 26.7 Å². The van der Waals surface area contributed by atoms with E-state index in [4.69, 9.17) is 5.73 Å². The topological polar surface area (TPSA) is 79.1 Å². The first-order chi connectivity index (χ1) is 12.9. The van der Waals surface area contributed by atoms with Gasteiger partial charge < -0.3 is 15.8 Å². The van der Waals surface area contributed by atoms with Crippen molar-refractivity contribution in [1.29, 1.82) is 0 Å². The summed E-state index contributed by atoms with van der Waals surface area (Å²) in [5, 5.41) is 17.1. The molecular formula is C22H23ClN2O2S. The van der Waals surface area contributed by atoms with E-state index in [2.05, 4.69) is 24.0 Å². The Morgan fingerprint density at radius 2 is 1.86 bits per heavy atom. The number of aryl methyl sites for hydroxylation is 2. The third-order valence-corrected chi connectivity index (χ3v) is 6.10. The summed E-state index contributed by atoms with van der Waals surface area (Å²) in [6.07, 6.45) is 0. The zero-order chi connectivity index (χ0) is 19.3. The molecule has 4 aromatic rings. The van der Waals surface area contributed by atoms with E-state index in [1.807, 2.05) is 30.7 Å². The fourth-order valence-electron chi connectivity index (χ4n) is 3.76. The van der Waals surface area contributed by atoms with E-state index in [1.165, 1.54) is 16.9 Å². The van der Waals surface area contributed by atoms with E-state index in [0.717, 1.165) is 38.5 Å². The molecule has 0 saturated carbocycles. The lowest BCUT2D eigenvalue weighted by Gasteiger charge is -2.17. The number of halogens is 1. The Bertz CT molecular complexity index is 1240. The molecule has 0 aliphatic heterocycles. The molecule has 0 aliphatic rings. The molecule has 1 unspecified atom stereocenters. The minimum absolute atomic E-state index is 0. The number of benzene rings is 2. The minimum Gasteiger partial charge on any atom is -0.507 e. The summed E-state index contributed by atoms with van der Waals surface area (Å²) in [5.41, 5.74) is 11.3. The molecule has 2 heterocycles. The number of pyridine rings is 1. The highest BCUT2D eigenvalue weighted by atomic mass is 35.5. The molecule has 2 aromatic carbocycles. The lowest BCUT2D eigenvalue weighted by molar-refractivity contribution is 0.477. The highest BCUT2D eigenvalue weighted by molar-refractivity contribution is 7.09. The smallest absolute Gasteiger partial charge is 0.257 e. The zero-order valence-electron chi connectivity index (χ0n) is 16.0. The monoisotopic (exact) mass is 414 g/mol. The normalized spacial score (nSPS) is 12.3. The number of fused-ring (bicyclic) bond motifs is 3. The minimum atomic E-state index is -0.0951. The fourth-order valence-corrected chi connectivity index (χ4v) is 4.58. The molecule has 0 aliphatic carbocycles. The Balaban J connectivity index is 0.00000225. The van der Waals surface area contributed by atoms with Crippen LogP contribution < -0.4 is 11.3 Å². The fraction of sp³-hybridized carbons (Fsp3) is 0.227. The standard InChI is InChI=1S/C22H22N2O2S.ClH/c1-11-6-14(13(3)8-23)4-5-15(11)19-18(25)7-12(2)21-20(19)16-9-27-10-17(16)22(26)24-21;/h4-7,9-10,13,25H,8,23H2,1-3H3,(H,24,26);1H. The van der Waals surface area contributed by atoms with Crippen molar-refractivity contribution < 1.29 is 5.11 Å². The van der Waals surface area contributed by atoms with Crippen LogP contribution in [0.4, 0.5) is 0 Å². The number of nitrogens with one attached hydrogen (secondary N) is 1. The third-order valence-electron chi connectivity index (χ3n) is 5.36. The Labute approximate surface area is 173 Å². The van der Waals surface area contributed by atoms with Crippen molar-refractivity contribution in [3.8, 4) is 16.9 Å². The van der Waals surface area contributed by atoms with Crippen LogP contribution in [0.3, 0.4) is 0 Å². The van der Waals surface area contributed by atoms with E-state index in [1.54, 1.807) is 6.07 Å². The molecule has 146 valence electrons. The first kappa shape index (κ1) is 20.4. The van der Waals surface area contributed by atoms with Gasteiger partial charge in [-0.1, -0.05) is 25.1 Å². The number of aromatic hydroxyl groups is 1. The maximum absolute atomic E-state index is 12.4. The van der Waals surface area contributed by atoms with Gasteiger partial charge in [0.25, 0.3) is 5.56 Å². The number of rotatable bonds is 3. The molecule has 0 radical (unpaired) electrons. The summed E-state index contributed by atoms with van der Waals surface area (Å²) < 4.78 is 0. The lowest BCUT2D eigenvalue weighted by atomic mass is 9.89. The second-order valence-corrected chi connectivity index (χ2v) is 7.95. The van der Waals surface area contributed by atoms with Crippen LogP contribution in [0.1, 0.15) is 29.5 Å². The van der Waals surface area contributed by atoms with Crippen LogP contribution in [0.2, 0.25) is 0 Å². The third kappa shape index (κ3) is 3.09. The number of hydrogen-bond donors (Lipinski definition) is 3. The number of thiophene rings is 1. The molecule has 4 rings (SSSR count). The highest BCUT2D eigenvalue weighted by Gasteiger charge is 2.19. The quantitative estimate of drug-likeness (QED) is 0.430. The first-order valence-corrected chi connectivity index (χ1v) is 9.92. The van der Waals surface area contributed by atoms with Gasteiger partial charge in [0.1, 0.15) is 5.75 Å². The summed E-state index contributed by atoms with van der Waals surface area (Å²) in [7, 11) is 0. The number of aromatic nitrogens is 1. The Kier molecular flexibility index (Phi) is 5.53. The Morgan fingerprint density at radius 3 is 2.54 bits per heavy atom. The lowest BCUT2D eigenvalue weighted by Crippen LogP contribution is -2.09. The summed E-state index contributed by atoms with van der Waals surface area (Å²) in [6.45, 7) is 6.64. The molecule has 0 amide bonds. The zero-order valence-corrected chi connectivity index (χ0v) is 17.6. The maximum Gasteiger partial charge on any atom is 0.257 e. The number of phenolic OH excluding ortho intramolecular Hbond substituents is 1. The van der Waals surface area contributed by atoms with E-state index >= 15 is 0 Å². The molecule has 0 saturated heterocycles. The van der Waals surface area contributed by atoms with Gasteiger partial charge in [-0.15, -0.1) is 12.4 Å². The number of aromatic amines is 1. The van der Waals surface area contributed by atoms with Crippen LogP contribution in [0.5, 0.6) is 5.75 Å². The van der Waals surface area contributed by atoms with E-state index < -0.39 is 0 Å². The van der Waals surface area contributed by atoms with Gasteiger partial charge in [0, 0.05) is 21.7 Å². The van der Waals surface area contributed by atoms with Crippen LogP contribution in [-0.4, -0.2) is 16.6 Å². The predicted octanol–water partition coefficient (Wildman–Crippen LogP) is 5.22. The number of phenols is 1. The van der Waals surface area contributed by atoms with Crippen LogP contribution in [0.25, 0.3) is 32.8 Å². The number of nitrogens with two attached hydrogens (primary N) is 1. The second kappa shape index (κ2) is 7.59. The van der Waals surface area contributed by atoms with Gasteiger partial charge in [0.2, 0.25) is 0 Å². The van der Waals surface area contributed by atoms with Gasteiger partial charge in [-0.25, -0.2) is 0 Å². The summed E-state index contributed by atoms with van der Waals surface area (Å²) in [4.78, 5) is 15.4. The number of hydrogen-bond acceptors (Lipinski definition) is 4. The number of H-pyrrole nitrogens is 1. The molecule has 4 nitrogen and oxygen atoms in total. The van der Waals surface area contributed by atoms with Crippen molar-refractivity contribution in [1.82, 2.24) is 4.98 Å². The summed E-state index contributed by atoms with van der Waals surface area (Å²) >= 11 is 1.50. The van der Waals surface area contributed by atoms with Crippen LogP contribution >= 0.6 is 23.7 Å². The molecule has 6 heteroatoms. The van der Waals surface area contributed by atoms with Gasteiger partial charge in [0.15, 0.2) is 0 Å². The Morgan fingerprint density at radius 1 is 1.14 bits per heavy atom. The molecule has 0 spiro atoms. The predicted molar refractivity (Wildman–Crippen MR) is 121 cm³/mol. The maximum atomic E-state index is 12.4. The summed E-state index contributed by atoms with van der Waals surface area (Å²) in [5.74, 6) is 0.503. The average Bonchev–Trinajstić information content (AvgIpc) is 3.13. The molecule has 1 atom stereocenters. The molecule has 0 bridgehead atoms. The molecule has 4 N–H and O–H groups in total. The first-order valence-electron chi connectivity index (χ1n) is 8.97. The van der Waals surface area contributed by atoms with Crippen molar-refractivity contribution >= 4 is 45.4 Å². The van der Waals surface area contributed by atoms with Gasteiger partial charge in [-0.2, -0.15) is 11.3 Å². The van der Waals surface area contributed by atoms with E-state index in [0.29, 0.717) is 11.9 Å². The van der Waals surface area contributed by atoms with Crippen LogP contribution in [-0.2, 0) is 0 Å². The average molecular weight is 415 g/mol.